The van der Waals surface area contributed by atoms with Crippen LogP contribution in [0, 0.1) is 9.41 Å². The van der Waals surface area contributed by atoms with Gasteiger partial charge in [-0.15, -0.1) is 0 Å². The van der Waals surface area contributed by atoms with Gasteiger partial charge in [-0.3, -0.25) is 0 Å². The van der Waals surface area contributed by atoms with Gasteiger partial charge in [0.2, 0.25) is 0 Å². The Morgan fingerprint density at radius 3 is 2.69 bits per heavy atom. The average molecular weight is 213 g/mol. The molecular weight excluding hydrogens is 202 g/mol. The van der Waals surface area contributed by atoms with Gasteiger partial charge < -0.3 is 10.8 Å². The fourth-order valence-electron chi connectivity index (χ4n) is 1.71. The molecule has 1 aliphatic rings. The summed E-state index contributed by atoms with van der Waals surface area (Å²) in [7, 11) is 0. The Hall–Kier alpha value is -0.680. The van der Waals surface area contributed by atoms with E-state index in [4.69, 9.17) is 30.3 Å². The monoisotopic (exact) mass is 213 g/mol. The van der Waals surface area contributed by atoms with Crippen LogP contribution in [0.4, 0.5) is 0 Å². The van der Waals surface area contributed by atoms with Crippen molar-refractivity contribution in [2.24, 2.45) is 0 Å². The molecule has 0 spiro atoms. The molecule has 0 amide bonds. The molecule has 1 aromatic rings. The van der Waals surface area contributed by atoms with E-state index in [9.17, 15) is 0 Å². The van der Waals surface area contributed by atoms with Gasteiger partial charge in [-0.2, -0.15) is 0 Å². The first kappa shape index (κ1) is 8.90. The summed E-state index contributed by atoms with van der Waals surface area (Å²) in [4.78, 5) is 3.12. The number of nitrogens with zero attached hydrogens (tertiary/aromatic N) is 1. The smallest absolute Gasteiger partial charge is 0.197 e. The van der Waals surface area contributed by atoms with E-state index in [-0.39, 0.29) is 0 Å². The molecule has 0 saturated heterocycles. The van der Waals surface area contributed by atoms with Crippen molar-refractivity contribution in [2.75, 3.05) is 5.84 Å². The molecule has 0 saturated carbocycles. The van der Waals surface area contributed by atoms with Crippen LogP contribution in [-0.2, 0) is 12.8 Å². The molecule has 1 aliphatic carbocycles. The second kappa shape index (κ2) is 3.23. The number of hydrogen-bond donors (Lipinski definition) is 2. The van der Waals surface area contributed by atoms with Crippen molar-refractivity contribution < 1.29 is 0 Å². The highest BCUT2D eigenvalue weighted by molar-refractivity contribution is 7.72. The highest BCUT2D eigenvalue weighted by Crippen LogP contribution is 2.19. The highest BCUT2D eigenvalue weighted by Gasteiger charge is 2.12. The summed E-state index contributed by atoms with van der Waals surface area (Å²) in [6.07, 6.45) is 4.48. The zero-order valence-corrected chi connectivity index (χ0v) is 8.80. The number of aryl methyl sites for hydroxylation is 1. The van der Waals surface area contributed by atoms with Crippen molar-refractivity contribution in [1.29, 1.82) is 0 Å². The lowest BCUT2D eigenvalue weighted by atomic mass is 9.98. The van der Waals surface area contributed by atoms with Crippen molar-refractivity contribution in [1.82, 2.24) is 9.66 Å². The van der Waals surface area contributed by atoms with E-state index in [0.29, 0.717) is 9.41 Å². The Labute approximate surface area is 86.6 Å². The van der Waals surface area contributed by atoms with E-state index in [1.54, 1.807) is 0 Å². The molecule has 5 heteroatoms. The molecule has 13 heavy (non-hydrogen) atoms. The summed E-state index contributed by atoms with van der Waals surface area (Å²) in [6, 6.07) is 0. The van der Waals surface area contributed by atoms with E-state index in [1.807, 2.05) is 0 Å². The van der Waals surface area contributed by atoms with Crippen molar-refractivity contribution in [3.05, 3.63) is 20.7 Å². The molecule has 0 atom stereocenters. The molecule has 0 unspecified atom stereocenters. The molecular formula is C8H11N3S2. The topological polar surface area (TPSA) is 46.7 Å². The van der Waals surface area contributed by atoms with Crippen LogP contribution in [0.1, 0.15) is 24.1 Å². The lowest BCUT2D eigenvalue weighted by Gasteiger charge is -2.16. The number of nitrogen functional groups attached to an aromatic ring is 1. The van der Waals surface area contributed by atoms with Gasteiger partial charge in [-0.05, 0) is 37.9 Å². The first-order chi connectivity index (χ1) is 6.20. The van der Waals surface area contributed by atoms with E-state index in [0.717, 1.165) is 12.8 Å². The largest absolute Gasteiger partial charge is 0.336 e. The summed E-state index contributed by atoms with van der Waals surface area (Å²) in [5, 5.41) is 0. The number of hydrogen-bond acceptors (Lipinski definition) is 3. The minimum Gasteiger partial charge on any atom is -0.336 e. The Balaban J connectivity index is 2.75. The molecule has 3 nitrogen and oxygen atoms in total. The van der Waals surface area contributed by atoms with Crippen molar-refractivity contribution in [2.45, 2.75) is 25.7 Å². The Morgan fingerprint density at radius 2 is 1.92 bits per heavy atom. The summed E-state index contributed by atoms with van der Waals surface area (Å²) in [5.41, 5.74) is 2.36. The first-order valence-electron chi connectivity index (χ1n) is 4.32. The van der Waals surface area contributed by atoms with Crippen LogP contribution in [0.3, 0.4) is 0 Å². The second-order valence-electron chi connectivity index (χ2n) is 3.27. The first-order valence-corrected chi connectivity index (χ1v) is 5.14. The number of nitrogens with two attached hydrogens (primary N) is 1. The zero-order valence-electron chi connectivity index (χ0n) is 7.17. The number of rotatable bonds is 0. The molecule has 1 aromatic heterocycles. The molecule has 0 bridgehead atoms. The maximum Gasteiger partial charge on any atom is 0.197 e. The maximum absolute atomic E-state index is 5.68. The fraction of sp³-hybridized carbons (Fsp3) is 0.500. The van der Waals surface area contributed by atoms with Crippen LogP contribution in [0.15, 0.2) is 0 Å². The maximum atomic E-state index is 5.68. The quantitative estimate of drug-likeness (QED) is 0.511. The number of nitrogens with one attached hydrogen (secondary N) is 1. The van der Waals surface area contributed by atoms with Crippen LogP contribution in [0.2, 0.25) is 0 Å². The molecule has 0 aromatic carbocycles. The third kappa shape index (κ3) is 1.42. The third-order valence-electron chi connectivity index (χ3n) is 2.42. The minimum absolute atomic E-state index is 0.519. The van der Waals surface area contributed by atoms with E-state index < -0.39 is 0 Å². The predicted octanol–water partition coefficient (Wildman–Crippen LogP) is 1.87. The standard InChI is InChI=1S/C8H11N3S2/c9-11-7(12)5-3-1-2-4-6(5)10-8(11)13/h1-4,9H2,(H,10,13). The third-order valence-corrected chi connectivity index (χ3v) is 3.16. The van der Waals surface area contributed by atoms with Gasteiger partial charge in [0, 0.05) is 11.3 Å². The SMILES string of the molecule is Nn1c(=S)[nH]c2c(c1=S)CCCC2. The summed E-state index contributed by atoms with van der Waals surface area (Å²) in [6.45, 7) is 0. The van der Waals surface area contributed by atoms with Crippen LogP contribution in [0.5, 0.6) is 0 Å². The van der Waals surface area contributed by atoms with Crippen molar-refractivity contribution in [3.63, 3.8) is 0 Å². The number of aromatic nitrogens is 2. The van der Waals surface area contributed by atoms with Gasteiger partial charge in [-0.1, -0.05) is 12.2 Å². The Morgan fingerprint density at radius 1 is 1.23 bits per heavy atom. The molecule has 0 radical (unpaired) electrons. The molecule has 0 aliphatic heterocycles. The normalized spacial score (nSPS) is 15.4. The van der Waals surface area contributed by atoms with Gasteiger partial charge in [0.05, 0.1) is 0 Å². The van der Waals surface area contributed by atoms with Crippen LogP contribution < -0.4 is 5.84 Å². The van der Waals surface area contributed by atoms with Gasteiger partial charge in [0.1, 0.15) is 4.64 Å². The molecule has 1 heterocycles. The van der Waals surface area contributed by atoms with Crippen molar-refractivity contribution >= 4 is 24.4 Å². The average Bonchev–Trinajstić information content (AvgIpc) is 2.15. The van der Waals surface area contributed by atoms with Crippen LogP contribution >= 0.6 is 24.4 Å². The van der Waals surface area contributed by atoms with E-state index >= 15 is 0 Å². The van der Waals surface area contributed by atoms with Crippen molar-refractivity contribution in [3.8, 4) is 0 Å². The molecule has 0 fully saturated rings. The highest BCUT2D eigenvalue weighted by atomic mass is 32.1. The molecule has 2 rings (SSSR count). The zero-order chi connectivity index (χ0) is 9.42. The Bertz CT molecular complexity index is 444. The van der Waals surface area contributed by atoms with E-state index in [1.165, 1.54) is 28.8 Å². The van der Waals surface area contributed by atoms with Gasteiger partial charge in [-0.25, -0.2) is 4.68 Å². The summed E-state index contributed by atoms with van der Waals surface area (Å²) < 4.78 is 2.60. The number of H-pyrrole nitrogens is 1. The van der Waals surface area contributed by atoms with Gasteiger partial charge in [0.15, 0.2) is 4.77 Å². The number of aromatic amines is 1. The number of fused-ring (bicyclic) bond motifs is 1. The minimum atomic E-state index is 0.519. The predicted molar refractivity (Wildman–Crippen MR) is 57.2 cm³/mol. The summed E-state index contributed by atoms with van der Waals surface area (Å²) in [5.74, 6) is 5.68. The lowest BCUT2D eigenvalue weighted by molar-refractivity contribution is 0.646. The Kier molecular flexibility index (Phi) is 2.21. The van der Waals surface area contributed by atoms with E-state index in [2.05, 4.69) is 4.98 Å². The van der Waals surface area contributed by atoms with Gasteiger partial charge in [0.25, 0.3) is 0 Å². The van der Waals surface area contributed by atoms with Crippen LogP contribution in [-0.4, -0.2) is 9.66 Å². The molecule has 3 N–H and O–H groups in total. The van der Waals surface area contributed by atoms with Gasteiger partial charge >= 0.3 is 0 Å². The second-order valence-corrected chi connectivity index (χ2v) is 4.04. The molecule has 70 valence electrons. The van der Waals surface area contributed by atoms with Crippen LogP contribution in [0.25, 0.3) is 0 Å². The lowest BCUT2D eigenvalue weighted by Crippen LogP contribution is -2.18. The summed E-state index contributed by atoms with van der Waals surface area (Å²) >= 11 is 10.3. The fourth-order valence-corrected chi connectivity index (χ4v) is 2.30.